The van der Waals surface area contributed by atoms with E-state index in [4.69, 9.17) is 0 Å². The molecule has 3 rings (SSSR count). The van der Waals surface area contributed by atoms with E-state index in [0.29, 0.717) is 11.3 Å². The van der Waals surface area contributed by atoms with Crippen LogP contribution in [0.25, 0.3) is 0 Å². The molecule has 0 saturated heterocycles. The van der Waals surface area contributed by atoms with Gasteiger partial charge in [-0.25, -0.2) is 0 Å². The lowest BCUT2D eigenvalue weighted by Crippen LogP contribution is -1.90. The number of aryl methyl sites for hydroxylation is 2. The minimum Gasteiger partial charge on any atom is -0.258 e. The van der Waals surface area contributed by atoms with Crippen molar-refractivity contribution in [3.63, 3.8) is 0 Å². The van der Waals surface area contributed by atoms with Crippen LogP contribution >= 0.6 is 11.8 Å². The molecule has 0 unspecified atom stereocenters. The van der Waals surface area contributed by atoms with Crippen molar-refractivity contribution in [3.05, 3.63) is 93.5 Å². The minimum absolute atomic E-state index is 0.0875. The zero-order valence-electron chi connectivity index (χ0n) is 14.5. The minimum atomic E-state index is -0.383. The molecule has 0 aliphatic rings. The topological polar surface area (TPSA) is 55.5 Å². The summed E-state index contributed by atoms with van der Waals surface area (Å²) in [6.07, 6.45) is 1.72. The zero-order valence-corrected chi connectivity index (χ0v) is 15.4. The molecule has 0 heterocycles. The van der Waals surface area contributed by atoms with Crippen molar-refractivity contribution in [2.24, 2.45) is 4.99 Å². The van der Waals surface area contributed by atoms with Crippen LogP contribution < -0.4 is 0 Å². The molecule has 5 heteroatoms. The van der Waals surface area contributed by atoms with Crippen LogP contribution in [0.2, 0.25) is 0 Å². The van der Waals surface area contributed by atoms with Gasteiger partial charge in [-0.2, -0.15) is 0 Å². The predicted octanol–water partition coefficient (Wildman–Crippen LogP) is 6.11. The molecule has 0 aliphatic carbocycles. The predicted molar refractivity (Wildman–Crippen MR) is 107 cm³/mol. The van der Waals surface area contributed by atoms with E-state index in [1.165, 1.54) is 16.5 Å². The van der Waals surface area contributed by atoms with Gasteiger partial charge in [-0.3, -0.25) is 15.1 Å². The Morgan fingerprint density at radius 3 is 2.15 bits per heavy atom. The highest BCUT2D eigenvalue weighted by molar-refractivity contribution is 7.99. The van der Waals surface area contributed by atoms with Crippen LogP contribution in [-0.4, -0.2) is 11.1 Å². The molecule has 0 radical (unpaired) electrons. The van der Waals surface area contributed by atoms with Gasteiger partial charge in [0, 0.05) is 27.6 Å². The summed E-state index contributed by atoms with van der Waals surface area (Å²) >= 11 is 1.71. The molecule has 0 amide bonds. The van der Waals surface area contributed by atoms with Gasteiger partial charge in [-0.1, -0.05) is 47.7 Å². The Balaban J connectivity index is 1.71. The molecule has 0 spiro atoms. The van der Waals surface area contributed by atoms with Crippen molar-refractivity contribution in [3.8, 4) is 0 Å². The normalized spacial score (nSPS) is 11.0. The van der Waals surface area contributed by atoms with E-state index < -0.39 is 0 Å². The first-order valence-electron chi connectivity index (χ1n) is 8.15. The first kappa shape index (κ1) is 17.9. The van der Waals surface area contributed by atoms with E-state index in [9.17, 15) is 10.1 Å². The van der Waals surface area contributed by atoms with Gasteiger partial charge in [0.1, 0.15) is 0 Å². The van der Waals surface area contributed by atoms with E-state index in [1.54, 1.807) is 37.0 Å². The monoisotopic (exact) mass is 362 g/mol. The average Bonchev–Trinajstić information content (AvgIpc) is 2.64. The number of rotatable bonds is 5. The quantitative estimate of drug-likeness (QED) is 0.312. The van der Waals surface area contributed by atoms with E-state index in [1.807, 2.05) is 24.3 Å². The highest BCUT2D eigenvalue weighted by Gasteiger charge is 2.10. The molecule has 0 atom stereocenters. The molecule has 3 aromatic rings. The Kier molecular flexibility index (Phi) is 5.49. The van der Waals surface area contributed by atoms with Crippen LogP contribution in [0.5, 0.6) is 0 Å². The van der Waals surface area contributed by atoms with E-state index in [2.05, 4.69) is 36.2 Å². The molecular weight excluding hydrogens is 344 g/mol. The van der Waals surface area contributed by atoms with Crippen LogP contribution in [-0.2, 0) is 0 Å². The van der Waals surface area contributed by atoms with Crippen molar-refractivity contribution in [2.75, 3.05) is 0 Å². The number of hydrogen-bond acceptors (Lipinski definition) is 4. The summed E-state index contributed by atoms with van der Waals surface area (Å²) in [5, 5.41) is 11.0. The van der Waals surface area contributed by atoms with Gasteiger partial charge in [0.15, 0.2) is 0 Å². The number of nitrogens with zero attached hydrogens (tertiary/aromatic N) is 2. The highest BCUT2D eigenvalue weighted by atomic mass is 32.2. The van der Waals surface area contributed by atoms with Gasteiger partial charge < -0.3 is 0 Å². The summed E-state index contributed by atoms with van der Waals surface area (Å²) in [5.41, 5.74) is 3.48. The third-order valence-electron chi connectivity index (χ3n) is 3.89. The Bertz CT molecular complexity index is 949. The number of benzene rings is 3. The summed E-state index contributed by atoms with van der Waals surface area (Å²) in [6, 6.07) is 21.5. The Morgan fingerprint density at radius 2 is 1.54 bits per heavy atom. The van der Waals surface area contributed by atoms with Crippen LogP contribution in [0.3, 0.4) is 0 Å². The summed E-state index contributed by atoms with van der Waals surface area (Å²) < 4.78 is 0. The summed E-state index contributed by atoms with van der Waals surface area (Å²) in [5.74, 6) is 0. The molecule has 0 aliphatic heterocycles. The lowest BCUT2D eigenvalue weighted by Gasteiger charge is -2.03. The summed E-state index contributed by atoms with van der Waals surface area (Å²) in [7, 11) is 0. The van der Waals surface area contributed by atoms with Crippen LogP contribution in [0.15, 0.2) is 81.5 Å². The fraction of sp³-hybridized carbons (Fsp3) is 0.0952. The molecular formula is C21H18N2O2S. The molecule has 3 aromatic carbocycles. The third kappa shape index (κ3) is 4.58. The van der Waals surface area contributed by atoms with Crippen molar-refractivity contribution in [2.45, 2.75) is 23.6 Å². The molecule has 0 saturated carbocycles. The van der Waals surface area contributed by atoms with E-state index >= 15 is 0 Å². The molecule has 26 heavy (non-hydrogen) atoms. The molecule has 4 nitrogen and oxygen atoms in total. The number of aliphatic imine (C=N–C) groups is 1. The lowest BCUT2D eigenvalue weighted by molar-refractivity contribution is -0.385. The van der Waals surface area contributed by atoms with Gasteiger partial charge >= 0.3 is 0 Å². The third-order valence-corrected chi connectivity index (χ3v) is 4.90. The second-order valence-electron chi connectivity index (χ2n) is 5.97. The van der Waals surface area contributed by atoms with Gasteiger partial charge in [0.2, 0.25) is 0 Å². The second kappa shape index (κ2) is 7.97. The summed E-state index contributed by atoms with van der Waals surface area (Å²) in [4.78, 5) is 17.3. The van der Waals surface area contributed by atoms with Gasteiger partial charge in [-0.05, 0) is 49.7 Å². The Morgan fingerprint density at radius 1 is 0.923 bits per heavy atom. The van der Waals surface area contributed by atoms with Gasteiger partial charge in [0.05, 0.1) is 10.6 Å². The van der Waals surface area contributed by atoms with Crippen LogP contribution in [0.1, 0.15) is 16.7 Å². The first-order valence-corrected chi connectivity index (χ1v) is 8.96. The zero-order chi connectivity index (χ0) is 18.5. The van der Waals surface area contributed by atoms with E-state index in [0.717, 1.165) is 10.5 Å². The van der Waals surface area contributed by atoms with Crippen LogP contribution in [0.4, 0.5) is 11.4 Å². The Labute approximate surface area is 156 Å². The fourth-order valence-corrected chi connectivity index (χ4v) is 3.20. The van der Waals surface area contributed by atoms with E-state index in [-0.39, 0.29) is 10.6 Å². The van der Waals surface area contributed by atoms with Crippen molar-refractivity contribution < 1.29 is 4.92 Å². The SMILES string of the molecule is Cc1ccc(Sc2ccc(C=Nc3ccc(C)c([N+](=O)[O-])c3)cc2)cc1. The second-order valence-corrected chi connectivity index (χ2v) is 7.12. The smallest absolute Gasteiger partial charge is 0.258 e. The van der Waals surface area contributed by atoms with Crippen molar-refractivity contribution in [1.82, 2.24) is 0 Å². The maximum atomic E-state index is 11.0. The number of nitro benzene ring substituents is 1. The molecule has 130 valence electrons. The largest absolute Gasteiger partial charge is 0.274 e. The van der Waals surface area contributed by atoms with Crippen molar-refractivity contribution in [1.29, 1.82) is 0 Å². The van der Waals surface area contributed by atoms with Gasteiger partial charge in [-0.15, -0.1) is 0 Å². The molecule has 0 N–H and O–H groups in total. The fourth-order valence-electron chi connectivity index (χ4n) is 2.39. The van der Waals surface area contributed by atoms with Crippen molar-refractivity contribution >= 4 is 29.4 Å². The number of nitro groups is 1. The Hall–Kier alpha value is -2.92. The first-order chi connectivity index (χ1) is 12.5. The number of hydrogen-bond donors (Lipinski definition) is 0. The highest BCUT2D eigenvalue weighted by Crippen LogP contribution is 2.28. The van der Waals surface area contributed by atoms with Gasteiger partial charge in [0.25, 0.3) is 5.69 Å². The summed E-state index contributed by atoms with van der Waals surface area (Å²) in [6.45, 7) is 3.79. The average molecular weight is 362 g/mol. The standard InChI is InChI=1S/C21H18N2O2S/c1-15-3-9-19(10-4-15)26-20-11-6-17(7-12-20)14-22-18-8-5-16(2)21(13-18)23(24)25/h3-14H,1-2H3. The molecule has 0 bridgehead atoms. The maximum absolute atomic E-state index is 11.0. The molecule has 0 aromatic heterocycles. The maximum Gasteiger partial charge on any atom is 0.274 e. The lowest BCUT2D eigenvalue weighted by atomic mass is 10.2. The van der Waals surface area contributed by atoms with Crippen LogP contribution in [0, 0.1) is 24.0 Å². The molecule has 0 fully saturated rings.